The van der Waals surface area contributed by atoms with Crippen LogP contribution in [0.25, 0.3) is 0 Å². The van der Waals surface area contributed by atoms with Crippen molar-refractivity contribution in [1.29, 1.82) is 0 Å². The predicted molar refractivity (Wildman–Crippen MR) is 559 cm³/mol. The summed E-state index contributed by atoms with van der Waals surface area (Å²) in [6, 6.07) is 0. The highest BCUT2D eigenvalue weighted by atomic mass is 16.6. The van der Waals surface area contributed by atoms with Gasteiger partial charge >= 0.3 is 23.9 Å². The van der Waals surface area contributed by atoms with Gasteiger partial charge in [0.2, 0.25) is 0 Å². The van der Waals surface area contributed by atoms with Gasteiger partial charge in [0.15, 0.2) is 34.7 Å². The van der Waals surface area contributed by atoms with Crippen molar-refractivity contribution in [2.24, 2.45) is 85.2 Å². The van der Waals surface area contributed by atoms with Gasteiger partial charge in [-0.25, -0.2) is 0 Å². The van der Waals surface area contributed by atoms with Gasteiger partial charge in [0.1, 0.15) is 18.3 Å². The third-order valence-electron chi connectivity index (χ3n) is 30.2. The minimum atomic E-state index is -0.130. The number of Topliss-reactive ketones (excluding diaryl/α,β-unsaturated/α-hetero) is 2. The lowest BCUT2D eigenvalue weighted by molar-refractivity contribution is -0.154. The highest BCUT2D eigenvalue weighted by Gasteiger charge is 2.45. The number of carbonyl (C=O) groups is 10. The van der Waals surface area contributed by atoms with E-state index in [0.717, 1.165) is 119 Å². The largest absolute Gasteiger partial charge is 0.469 e. The van der Waals surface area contributed by atoms with E-state index in [1.165, 1.54) is 149 Å². The highest BCUT2D eigenvalue weighted by Crippen LogP contribution is 2.49. The van der Waals surface area contributed by atoms with Gasteiger partial charge in [0.05, 0.1) is 18.9 Å². The number of carbonyl (C=O) groups excluding carboxylic acids is 10. The summed E-state index contributed by atoms with van der Waals surface area (Å²) in [6.07, 6.45) is 66.0. The Morgan fingerprint density at radius 3 is 1.57 bits per heavy atom. The number of unbranched alkanes of at least 4 members (excludes halogenated alkanes) is 3. The van der Waals surface area contributed by atoms with Crippen molar-refractivity contribution >= 4 is 58.6 Å². The lowest BCUT2D eigenvalue weighted by Gasteiger charge is -2.42. The van der Waals surface area contributed by atoms with Crippen molar-refractivity contribution in [2.75, 3.05) is 7.11 Å². The van der Waals surface area contributed by atoms with E-state index < -0.39 is 0 Å². The zero-order valence-electron chi connectivity index (χ0n) is 90.8. The second kappa shape index (κ2) is 59.7. The molecular formula is C120H192O14. The minimum absolute atomic E-state index is 0.00254. The molecule has 11 atom stereocenters. The maximum Gasteiger partial charge on any atom is 0.313 e. The number of fused-ring (bicyclic) bond motifs is 1. The molecule has 11 aliphatic rings. The average Bonchev–Trinajstić information content (AvgIpc) is 1.21. The molecule has 14 nitrogen and oxygen atoms in total. The fourth-order valence-corrected chi connectivity index (χ4v) is 21.0. The van der Waals surface area contributed by atoms with Crippen LogP contribution in [0.15, 0.2) is 154 Å². The van der Waals surface area contributed by atoms with E-state index in [-0.39, 0.29) is 121 Å². The monoisotopic (exact) mass is 1860 g/mol. The van der Waals surface area contributed by atoms with Crippen LogP contribution in [0.1, 0.15) is 432 Å². The minimum Gasteiger partial charge on any atom is -0.469 e. The molecule has 0 aromatic rings. The van der Waals surface area contributed by atoms with Crippen LogP contribution in [0.2, 0.25) is 0 Å². The average molecular weight is 1860 g/mol. The fourth-order valence-electron chi connectivity index (χ4n) is 21.0. The SMILES string of the molecule is C/C=C/C(=O)C1C(C)=CCCC1(C)C.C=C1CCCC(C)(C)C1C(=O)OC.C=CCCC(=O)C1=CCCC(C)(C)C1.CC(=O)/C(C)=C/C1C(C)=CCCC1(C)C.CC(=O)/C=C/C1=C(C)CCCC1(C)C.CC(=O)/C=C/[C@H]1C(C)=CCC(C)C1(C)C.CC1C(=O)OC2C[C@H](C)CC[C@H]21.CCC(=O)/C=C/C1=C(C)CCCC1(C)C.CCCCC1CCC(=O)O1.CCCCCC1CCCC(=O)O1. The molecular weight excluding hydrogens is 1670 g/mol. The van der Waals surface area contributed by atoms with Crippen LogP contribution >= 0.6 is 0 Å². The Bertz CT molecular complexity index is 4190. The van der Waals surface area contributed by atoms with Gasteiger partial charge in [-0.1, -0.05) is 271 Å². The molecule has 0 N–H and O–H groups in total. The molecule has 8 unspecified atom stereocenters. The van der Waals surface area contributed by atoms with Crippen molar-refractivity contribution < 1.29 is 66.9 Å². The summed E-state index contributed by atoms with van der Waals surface area (Å²) in [5, 5.41) is 0. The van der Waals surface area contributed by atoms with Gasteiger partial charge in [0.25, 0.3) is 0 Å². The lowest BCUT2D eigenvalue weighted by Crippen LogP contribution is -2.36. The van der Waals surface area contributed by atoms with Crippen LogP contribution in [-0.2, 0) is 66.9 Å². The molecule has 0 aromatic heterocycles. The number of ether oxygens (including phenoxy) is 4. The molecule has 14 heteroatoms. The zero-order valence-corrected chi connectivity index (χ0v) is 90.8. The number of ketones is 6. The molecule has 5 fully saturated rings. The third kappa shape index (κ3) is 43.3. The Labute approximate surface area is 817 Å². The molecule has 3 heterocycles. The van der Waals surface area contributed by atoms with Crippen LogP contribution < -0.4 is 0 Å². The first-order chi connectivity index (χ1) is 62.5. The van der Waals surface area contributed by atoms with E-state index in [0.29, 0.717) is 60.6 Å². The van der Waals surface area contributed by atoms with Gasteiger partial charge in [-0.3, -0.25) is 47.9 Å². The van der Waals surface area contributed by atoms with Gasteiger partial charge in [-0.2, -0.15) is 0 Å². The summed E-state index contributed by atoms with van der Waals surface area (Å²) in [6.45, 7) is 71.1. The molecule has 2 saturated carbocycles. The molecule has 0 bridgehead atoms. The summed E-state index contributed by atoms with van der Waals surface area (Å²) in [4.78, 5) is 112. The number of hydrogen-bond donors (Lipinski definition) is 0. The van der Waals surface area contributed by atoms with Crippen molar-refractivity contribution in [3.05, 3.63) is 154 Å². The van der Waals surface area contributed by atoms with Crippen molar-refractivity contribution in [3.63, 3.8) is 0 Å². The number of hydrogen-bond acceptors (Lipinski definition) is 14. The smallest absolute Gasteiger partial charge is 0.313 e. The van der Waals surface area contributed by atoms with E-state index in [1.54, 1.807) is 45.1 Å². The van der Waals surface area contributed by atoms with Gasteiger partial charge in [0, 0.05) is 49.4 Å². The molecule has 0 spiro atoms. The maximum absolute atomic E-state index is 11.9. The summed E-state index contributed by atoms with van der Waals surface area (Å²) in [5.74, 6) is 4.04. The standard InChI is InChI=1S/3C14H22O.3C13H20O.C11H18O2.C10H16O2.C10H18O2.C8H14O2/c1-10-6-7-11(2)14(4,5)13(10)9-8-12(3)15;1-10-7-6-8-14(4,5)13(10)9-11(2)12(3)15;1-5-12(15)8-9-13-11(2)7-6-10-14(13,3)4;1-10-6-5-9-13(3,4)12(10)8-7-11(2)14;1-5-7-11(14)12-10(2)8-6-9-13(12,3)4;1-4-5-8-12(14)11-7-6-9-13(2,3)10-11;1-8-6-5-7-11(2,3)9(8)10(12)13-4;1-6-3-4-8-7(2)10(11)12-9(8)5-6;1-2-3-4-6-9-7-5-8-10(11)12-9;1-2-3-4-7-5-6-8(9)10-7/h6,8-9,11,13H,7H2,1-5H3;7,9,13H,6,8H2,1-5H3;8-9H,5-7,10H2,1-4H3;7-8H,5-6,9H2,1-4H3;5,7-8,12H,6,9H2,1-4H3;4,7H,1,5-6,8-10H2,2-3H3;9H,1,5-7H2,2-4H3;6-9H,3-5H2,1-2H3;9H,2-8H2,1H3;7H,2-6H2,1H3/b9-8+;11-9+;9-8+;8-7+;7-5+;;;;;/t11?,13-;;;;;;;6-,7?,8+,9?;;/m0......1../s1. The molecule has 134 heavy (non-hydrogen) atoms. The molecule has 756 valence electrons. The van der Waals surface area contributed by atoms with E-state index in [2.05, 4.69) is 209 Å². The molecule has 3 saturated heterocycles. The Morgan fingerprint density at radius 1 is 0.545 bits per heavy atom. The van der Waals surface area contributed by atoms with Crippen LogP contribution in [-0.4, -0.2) is 84.0 Å². The Balaban J connectivity index is 0.000000505. The van der Waals surface area contributed by atoms with Crippen molar-refractivity contribution in [2.45, 2.75) is 451 Å². The molecule has 8 aliphatic carbocycles. The van der Waals surface area contributed by atoms with Crippen molar-refractivity contribution in [1.82, 2.24) is 0 Å². The summed E-state index contributed by atoms with van der Waals surface area (Å²) >= 11 is 0. The highest BCUT2D eigenvalue weighted by molar-refractivity contribution is 5.96. The summed E-state index contributed by atoms with van der Waals surface area (Å²) in [7, 11) is 1.44. The first-order valence-corrected chi connectivity index (χ1v) is 52.0. The van der Waals surface area contributed by atoms with E-state index in [4.69, 9.17) is 18.9 Å². The summed E-state index contributed by atoms with van der Waals surface area (Å²) < 4.78 is 20.3. The van der Waals surface area contributed by atoms with Crippen LogP contribution in [0, 0.1) is 85.2 Å². The van der Waals surface area contributed by atoms with Crippen molar-refractivity contribution in [3.8, 4) is 0 Å². The normalized spacial score (nSPS) is 26.6. The Morgan fingerprint density at radius 2 is 1.07 bits per heavy atom. The predicted octanol–water partition coefficient (Wildman–Crippen LogP) is 31.6. The number of esters is 4. The molecule has 0 aromatic carbocycles. The first kappa shape index (κ1) is 123. The number of allylic oxidation sites excluding steroid dienone is 23. The van der Waals surface area contributed by atoms with E-state index in [9.17, 15) is 47.9 Å². The van der Waals surface area contributed by atoms with Gasteiger partial charge in [-0.15, -0.1) is 6.58 Å². The fraction of sp³-hybridized carbons (Fsp3) is 0.700. The van der Waals surface area contributed by atoms with Gasteiger partial charge in [-0.05, 0) is 333 Å². The Kier molecular flexibility index (Phi) is 54.6. The second-order valence-electron chi connectivity index (χ2n) is 45.4. The van der Waals surface area contributed by atoms with Crippen LogP contribution in [0.5, 0.6) is 0 Å². The zero-order chi connectivity index (χ0) is 102. The maximum atomic E-state index is 11.9. The first-order valence-electron chi connectivity index (χ1n) is 52.0. The third-order valence-corrected chi connectivity index (χ3v) is 30.2. The summed E-state index contributed by atoms with van der Waals surface area (Å²) in [5.41, 5.74) is 14.1. The quantitative estimate of drug-likeness (QED) is 0.0307. The van der Waals surface area contributed by atoms with Crippen LogP contribution in [0.4, 0.5) is 0 Å². The lowest BCUT2D eigenvalue weighted by atomic mass is 9.63. The molecule has 11 rings (SSSR count). The van der Waals surface area contributed by atoms with Gasteiger partial charge < -0.3 is 18.9 Å². The topological polar surface area (TPSA) is 208 Å². The molecule has 0 amide bonds. The van der Waals surface area contributed by atoms with Crippen LogP contribution in [0.3, 0.4) is 0 Å². The second-order valence-corrected chi connectivity index (χ2v) is 45.4. The number of methoxy groups -OCH3 is 1. The van der Waals surface area contributed by atoms with E-state index >= 15 is 0 Å². The molecule has 3 aliphatic heterocycles. The number of cyclic esters (lactones) is 2. The Hall–Kier alpha value is -7.48. The van der Waals surface area contributed by atoms with E-state index in [1.807, 2.05) is 52.0 Å². The number of rotatable bonds is 23. The molecule has 0 radical (unpaired) electrons.